The molecule has 0 unspecified atom stereocenters. The zero-order chi connectivity index (χ0) is 33.2. The van der Waals surface area contributed by atoms with E-state index < -0.39 is 5.41 Å². The lowest BCUT2D eigenvalue weighted by Crippen LogP contribution is -2.46. The number of hydrogen-bond acceptors (Lipinski definition) is 5. The monoisotopic (exact) mass is 621 g/mol. The Kier molecular flexibility index (Phi) is 9.96. The predicted molar refractivity (Wildman–Crippen MR) is 189 cm³/mol. The van der Waals surface area contributed by atoms with Crippen molar-refractivity contribution in [3.8, 4) is 11.3 Å². The summed E-state index contributed by atoms with van der Waals surface area (Å²) in [6, 6.07) is 11.0. The van der Waals surface area contributed by atoms with Gasteiger partial charge >= 0.3 is 0 Å². The van der Waals surface area contributed by atoms with Crippen molar-refractivity contribution in [2.45, 2.75) is 80.1 Å². The van der Waals surface area contributed by atoms with Crippen molar-refractivity contribution < 1.29 is 4.79 Å². The second-order valence-electron chi connectivity index (χ2n) is 14.5. The number of benzene rings is 1. The summed E-state index contributed by atoms with van der Waals surface area (Å²) in [5.74, 6) is 1.13. The highest BCUT2D eigenvalue weighted by atomic mass is 16.2. The van der Waals surface area contributed by atoms with Gasteiger partial charge < -0.3 is 20.2 Å². The first-order valence-corrected chi connectivity index (χ1v) is 16.7. The average molecular weight is 622 g/mol. The van der Waals surface area contributed by atoms with Crippen molar-refractivity contribution in [1.82, 2.24) is 35.1 Å². The van der Waals surface area contributed by atoms with Crippen molar-refractivity contribution in [2.24, 2.45) is 11.8 Å². The van der Waals surface area contributed by atoms with Crippen LogP contribution in [0.1, 0.15) is 82.2 Å². The summed E-state index contributed by atoms with van der Waals surface area (Å²) in [4.78, 5) is 36.6. The molecule has 0 saturated heterocycles. The third kappa shape index (κ3) is 7.33. The van der Waals surface area contributed by atoms with Gasteiger partial charge in [-0.3, -0.25) is 4.79 Å². The Morgan fingerprint density at radius 1 is 0.913 bits per heavy atom. The molecule has 3 N–H and O–H groups in total. The Labute approximate surface area is 273 Å². The lowest BCUT2D eigenvalue weighted by molar-refractivity contribution is -0.137. The third-order valence-corrected chi connectivity index (χ3v) is 8.78. The summed E-state index contributed by atoms with van der Waals surface area (Å²) in [6.45, 7) is 22.5. The summed E-state index contributed by atoms with van der Waals surface area (Å²) < 4.78 is 0. The molecule has 0 radical (unpaired) electrons. The molecule has 244 valence electrons. The number of H-pyrrole nitrogens is 2. The van der Waals surface area contributed by atoms with Crippen LogP contribution in [-0.4, -0.2) is 61.9 Å². The van der Waals surface area contributed by atoms with Crippen molar-refractivity contribution in [3.63, 3.8) is 0 Å². The fourth-order valence-electron chi connectivity index (χ4n) is 6.59. The van der Waals surface area contributed by atoms with Crippen LogP contribution in [0, 0.1) is 25.7 Å². The molecule has 0 spiro atoms. The van der Waals surface area contributed by atoms with Crippen LogP contribution in [0.3, 0.4) is 0 Å². The summed E-state index contributed by atoms with van der Waals surface area (Å²) >= 11 is 0. The van der Waals surface area contributed by atoms with Crippen LogP contribution in [0.5, 0.6) is 0 Å². The molecule has 8 nitrogen and oxygen atoms in total. The molecule has 1 aromatic carbocycles. The predicted octanol–water partition coefficient (Wildman–Crippen LogP) is 7.47. The highest BCUT2D eigenvalue weighted by Crippen LogP contribution is 2.38. The Hall–Kier alpha value is -4.04. The lowest BCUT2D eigenvalue weighted by Gasteiger charge is -2.34. The molecule has 0 bridgehead atoms. The molecular weight excluding hydrogens is 570 g/mol. The van der Waals surface area contributed by atoms with Gasteiger partial charge in [0.15, 0.2) is 5.65 Å². The Bertz CT molecular complexity index is 1780. The average Bonchev–Trinajstić information content (AvgIpc) is 3.61. The normalized spacial score (nSPS) is 12.9. The van der Waals surface area contributed by atoms with Crippen LogP contribution in [0.15, 0.2) is 49.1 Å². The van der Waals surface area contributed by atoms with Crippen molar-refractivity contribution in [3.05, 3.63) is 76.9 Å². The maximum atomic E-state index is 14.1. The SMILES string of the molecule is Cc1cc(C)cc(-c2[nH]c3ncc(C(C)(C)C(=O)N(CC(C)C)CC(C)C)cc3c2[C@H](C)CNCCc2cnc3nc[nH]c3c2)c1. The molecule has 0 saturated carbocycles. The largest absolute Gasteiger partial charge is 0.343 e. The second kappa shape index (κ2) is 13.8. The van der Waals surface area contributed by atoms with E-state index in [1.807, 2.05) is 31.1 Å². The summed E-state index contributed by atoms with van der Waals surface area (Å²) in [5.41, 5.74) is 9.89. The zero-order valence-corrected chi connectivity index (χ0v) is 29.1. The lowest BCUT2D eigenvalue weighted by atomic mass is 9.82. The number of carbonyl (C=O) groups excluding carboxylic acids is 1. The fourth-order valence-corrected chi connectivity index (χ4v) is 6.59. The van der Waals surface area contributed by atoms with Gasteiger partial charge in [0.1, 0.15) is 5.65 Å². The molecule has 8 heteroatoms. The first kappa shape index (κ1) is 33.3. The minimum atomic E-state index is -0.717. The molecule has 0 aliphatic heterocycles. The van der Waals surface area contributed by atoms with E-state index in [1.165, 1.54) is 22.3 Å². The van der Waals surface area contributed by atoms with Crippen molar-refractivity contribution >= 4 is 28.1 Å². The van der Waals surface area contributed by atoms with Crippen LogP contribution in [0.25, 0.3) is 33.5 Å². The van der Waals surface area contributed by atoms with Crippen LogP contribution in [-0.2, 0) is 16.6 Å². The summed E-state index contributed by atoms with van der Waals surface area (Å²) in [5, 5.41) is 4.77. The number of pyridine rings is 2. The number of nitrogens with one attached hydrogen (secondary N) is 3. The minimum absolute atomic E-state index is 0.153. The number of fused-ring (bicyclic) bond motifs is 2. The van der Waals surface area contributed by atoms with Gasteiger partial charge in [0.25, 0.3) is 0 Å². The van der Waals surface area contributed by atoms with Crippen LogP contribution in [0.2, 0.25) is 0 Å². The van der Waals surface area contributed by atoms with Gasteiger partial charge in [0.05, 0.1) is 23.0 Å². The topological polar surface area (TPSA) is 103 Å². The molecule has 46 heavy (non-hydrogen) atoms. The third-order valence-electron chi connectivity index (χ3n) is 8.78. The standard InChI is InChI=1S/C38H51N7O/c1-23(2)20-45(21-24(3)4)37(46)38(8,9)30-16-31-33(34(44-35(31)41-19-30)29-13-25(5)12-26(6)14-29)27(7)17-39-11-10-28-15-32-36(40-18-28)43-22-42-32/h12-16,18-19,22-24,27,39H,10-11,17,20-21H2,1-9H3,(H,41,44)(H,40,42,43)/t27-/m1/s1. The fraction of sp³-hybridized carbons (Fsp3) is 0.474. The van der Waals surface area contributed by atoms with E-state index in [0.29, 0.717) is 11.8 Å². The molecule has 5 aromatic rings. The minimum Gasteiger partial charge on any atom is -0.343 e. The number of hydrogen-bond donors (Lipinski definition) is 3. The van der Waals surface area contributed by atoms with Gasteiger partial charge in [0, 0.05) is 37.4 Å². The number of nitrogens with zero attached hydrogens (tertiary/aromatic N) is 4. The van der Waals surface area contributed by atoms with Crippen LogP contribution in [0.4, 0.5) is 0 Å². The van der Waals surface area contributed by atoms with Gasteiger partial charge in [-0.25, -0.2) is 15.0 Å². The number of amides is 1. The first-order valence-electron chi connectivity index (χ1n) is 16.7. The molecule has 1 amide bonds. The van der Waals surface area contributed by atoms with Gasteiger partial charge in [-0.15, -0.1) is 0 Å². The van der Waals surface area contributed by atoms with Gasteiger partial charge in [-0.1, -0.05) is 51.8 Å². The number of imidazole rings is 1. The number of aromatic amines is 2. The highest BCUT2D eigenvalue weighted by Gasteiger charge is 2.35. The van der Waals surface area contributed by atoms with E-state index in [2.05, 4.69) is 104 Å². The summed E-state index contributed by atoms with van der Waals surface area (Å²) in [6.07, 6.45) is 6.35. The molecule has 0 fully saturated rings. The quantitative estimate of drug-likeness (QED) is 0.118. The molecule has 1 atom stereocenters. The van der Waals surface area contributed by atoms with Gasteiger partial charge in [0.2, 0.25) is 5.91 Å². The highest BCUT2D eigenvalue weighted by molar-refractivity contribution is 5.92. The molecule has 4 heterocycles. The van der Waals surface area contributed by atoms with E-state index >= 15 is 0 Å². The van der Waals surface area contributed by atoms with E-state index in [0.717, 1.165) is 71.6 Å². The second-order valence-corrected chi connectivity index (χ2v) is 14.5. The maximum absolute atomic E-state index is 14.1. The zero-order valence-electron chi connectivity index (χ0n) is 29.1. The Morgan fingerprint density at radius 2 is 1.61 bits per heavy atom. The van der Waals surface area contributed by atoms with Crippen molar-refractivity contribution in [2.75, 3.05) is 26.2 Å². The van der Waals surface area contributed by atoms with Crippen molar-refractivity contribution in [1.29, 1.82) is 0 Å². The smallest absolute Gasteiger partial charge is 0.232 e. The van der Waals surface area contributed by atoms with Gasteiger partial charge in [-0.2, -0.15) is 0 Å². The van der Waals surface area contributed by atoms with E-state index in [1.54, 1.807) is 6.33 Å². The van der Waals surface area contributed by atoms with E-state index in [9.17, 15) is 4.79 Å². The molecule has 5 rings (SSSR count). The van der Waals surface area contributed by atoms with Gasteiger partial charge in [-0.05, 0) is 105 Å². The number of carbonyl (C=O) groups is 1. The molecule has 0 aliphatic carbocycles. The molecule has 0 aliphatic rings. The maximum Gasteiger partial charge on any atom is 0.232 e. The molecule has 4 aromatic heterocycles. The Morgan fingerprint density at radius 3 is 2.28 bits per heavy atom. The van der Waals surface area contributed by atoms with E-state index in [4.69, 9.17) is 4.98 Å². The van der Waals surface area contributed by atoms with Crippen LogP contribution >= 0.6 is 0 Å². The first-order chi connectivity index (χ1) is 21.8. The summed E-state index contributed by atoms with van der Waals surface area (Å²) in [7, 11) is 0. The number of rotatable bonds is 13. The van der Waals surface area contributed by atoms with E-state index in [-0.39, 0.29) is 11.8 Å². The Balaban J connectivity index is 1.46. The molecular formula is C38H51N7O. The number of aryl methyl sites for hydroxylation is 2. The number of aromatic nitrogens is 5. The van der Waals surface area contributed by atoms with Crippen LogP contribution < -0.4 is 5.32 Å².